The molecule has 0 N–H and O–H groups in total. The average molecular weight is 349 g/mol. The van der Waals surface area contributed by atoms with Gasteiger partial charge in [-0.3, -0.25) is 0 Å². The minimum Gasteiger partial charge on any atom is -0.207 e. The highest BCUT2D eigenvalue weighted by molar-refractivity contribution is 14.1. The van der Waals surface area contributed by atoms with Crippen molar-refractivity contribution in [1.82, 2.24) is 4.31 Å². The maximum atomic E-state index is 12.2. The number of benzene rings is 1. The van der Waals surface area contributed by atoms with Gasteiger partial charge in [0.05, 0.1) is 4.90 Å². The zero-order valence-electron chi connectivity index (χ0n) is 8.64. The third-order valence-corrected chi connectivity index (χ3v) is 5.36. The minimum absolute atomic E-state index is 0.375. The second-order valence-electron chi connectivity index (χ2n) is 3.58. The molecule has 1 aromatic carbocycles. The third kappa shape index (κ3) is 2.46. The molecule has 0 spiro atoms. The number of halogens is 1. The van der Waals surface area contributed by atoms with Gasteiger partial charge in [0.15, 0.2) is 0 Å². The van der Waals surface area contributed by atoms with Crippen molar-refractivity contribution in [2.75, 3.05) is 13.1 Å². The normalized spacial score (nSPS) is 18.2. The van der Waals surface area contributed by atoms with Crippen molar-refractivity contribution in [1.29, 1.82) is 0 Å². The summed E-state index contributed by atoms with van der Waals surface area (Å²) < 4.78 is 27.1. The molecule has 16 heavy (non-hydrogen) atoms. The van der Waals surface area contributed by atoms with E-state index in [4.69, 9.17) is 0 Å². The number of nitrogens with zero attached hydrogens (tertiary/aromatic N) is 1. The van der Waals surface area contributed by atoms with E-state index in [1.54, 1.807) is 24.3 Å². The van der Waals surface area contributed by atoms with Crippen LogP contribution in [0.25, 0.3) is 0 Å². The van der Waals surface area contributed by atoms with Crippen LogP contribution in [0.1, 0.15) is 6.42 Å². The van der Waals surface area contributed by atoms with Crippen molar-refractivity contribution in [2.45, 2.75) is 11.3 Å². The standard InChI is InChI=1S/C11H12INO2S/c12-10-6-8-13(9-7-10)16(14,15)11-4-2-1-3-5-11/h1-6H,7-9H2. The van der Waals surface area contributed by atoms with Gasteiger partial charge in [0.2, 0.25) is 10.0 Å². The first kappa shape index (κ1) is 12.1. The quantitative estimate of drug-likeness (QED) is 0.769. The molecule has 1 aliphatic heterocycles. The number of hydrogen-bond acceptors (Lipinski definition) is 2. The monoisotopic (exact) mass is 349 g/mol. The smallest absolute Gasteiger partial charge is 0.207 e. The van der Waals surface area contributed by atoms with Crippen LogP contribution in [0, 0.1) is 0 Å². The molecule has 0 aromatic heterocycles. The Balaban J connectivity index is 2.28. The topological polar surface area (TPSA) is 37.4 Å². The van der Waals surface area contributed by atoms with Gasteiger partial charge in [-0.25, -0.2) is 8.42 Å². The van der Waals surface area contributed by atoms with E-state index in [-0.39, 0.29) is 0 Å². The van der Waals surface area contributed by atoms with Crippen LogP contribution in [-0.2, 0) is 10.0 Å². The highest BCUT2D eigenvalue weighted by atomic mass is 127. The fraction of sp³-hybridized carbons (Fsp3) is 0.273. The van der Waals surface area contributed by atoms with Gasteiger partial charge in [0, 0.05) is 13.1 Å². The van der Waals surface area contributed by atoms with Crippen LogP contribution in [0.5, 0.6) is 0 Å². The molecule has 5 heteroatoms. The van der Waals surface area contributed by atoms with Crippen molar-refractivity contribution < 1.29 is 8.42 Å². The molecule has 0 radical (unpaired) electrons. The zero-order valence-corrected chi connectivity index (χ0v) is 11.6. The summed E-state index contributed by atoms with van der Waals surface area (Å²) in [6.45, 7) is 1.06. The van der Waals surface area contributed by atoms with Crippen LogP contribution >= 0.6 is 22.6 Å². The summed E-state index contributed by atoms with van der Waals surface area (Å²) in [5, 5.41) is 0. The van der Waals surface area contributed by atoms with E-state index in [9.17, 15) is 8.42 Å². The Morgan fingerprint density at radius 1 is 1.19 bits per heavy atom. The van der Waals surface area contributed by atoms with Crippen LogP contribution in [-0.4, -0.2) is 25.8 Å². The lowest BCUT2D eigenvalue weighted by Crippen LogP contribution is -2.34. The number of sulfonamides is 1. The van der Waals surface area contributed by atoms with Crippen molar-refractivity contribution in [2.24, 2.45) is 0 Å². The van der Waals surface area contributed by atoms with E-state index in [1.165, 1.54) is 7.89 Å². The Hall–Kier alpha value is -0.400. The van der Waals surface area contributed by atoms with Crippen molar-refractivity contribution in [3.8, 4) is 0 Å². The highest BCUT2D eigenvalue weighted by Crippen LogP contribution is 2.22. The minimum atomic E-state index is -3.30. The lowest BCUT2D eigenvalue weighted by Gasteiger charge is -2.24. The Bertz CT molecular complexity index is 496. The molecule has 0 saturated heterocycles. The molecule has 0 atom stereocenters. The molecule has 0 fully saturated rings. The molecule has 1 heterocycles. The van der Waals surface area contributed by atoms with Crippen LogP contribution < -0.4 is 0 Å². The van der Waals surface area contributed by atoms with Crippen LogP contribution in [0.3, 0.4) is 0 Å². The van der Waals surface area contributed by atoms with Gasteiger partial charge in [0.25, 0.3) is 0 Å². The maximum absolute atomic E-state index is 12.2. The first-order chi connectivity index (χ1) is 7.60. The summed E-state index contributed by atoms with van der Waals surface area (Å²) in [6.07, 6.45) is 2.77. The molecule has 0 bridgehead atoms. The fourth-order valence-electron chi connectivity index (χ4n) is 1.59. The molecule has 3 nitrogen and oxygen atoms in total. The predicted molar refractivity (Wildman–Crippen MR) is 71.9 cm³/mol. The average Bonchev–Trinajstić information content (AvgIpc) is 2.31. The number of rotatable bonds is 2. The van der Waals surface area contributed by atoms with Crippen molar-refractivity contribution >= 4 is 32.6 Å². The van der Waals surface area contributed by atoms with E-state index in [2.05, 4.69) is 22.6 Å². The van der Waals surface area contributed by atoms with Crippen molar-refractivity contribution in [3.63, 3.8) is 0 Å². The van der Waals surface area contributed by atoms with E-state index < -0.39 is 10.0 Å². The summed E-state index contributed by atoms with van der Waals surface area (Å²) in [4.78, 5) is 0.375. The van der Waals surface area contributed by atoms with Crippen LogP contribution in [0.2, 0.25) is 0 Å². The van der Waals surface area contributed by atoms with Crippen molar-refractivity contribution in [3.05, 3.63) is 40.0 Å². The number of hydrogen-bond donors (Lipinski definition) is 0. The highest BCUT2D eigenvalue weighted by Gasteiger charge is 2.25. The summed E-state index contributed by atoms with van der Waals surface area (Å²) >= 11 is 2.25. The molecule has 1 aliphatic rings. The SMILES string of the molecule is O=S(=O)(c1ccccc1)N1CC=C(I)CC1. The van der Waals surface area contributed by atoms with Gasteiger partial charge in [-0.05, 0) is 44.7 Å². The summed E-state index contributed by atoms with van der Waals surface area (Å²) in [5.74, 6) is 0. The van der Waals surface area contributed by atoms with Crippen LogP contribution in [0.15, 0.2) is 44.9 Å². The van der Waals surface area contributed by atoms with Gasteiger partial charge in [-0.15, -0.1) is 0 Å². The Labute approximate surface area is 109 Å². The van der Waals surface area contributed by atoms with Crippen LogP contribution in [0.4, 0.5) is 0 Å². The predicted octanol–water partition coefficient (Wildman–Crippen LogP) is 2.40. The first-order valence-electron chi connectivity index (χ1n) is 5.00. The molecule has 1 aromatic rings. The fourth-order valence-corrected chi connectivity index (χ4v) is 3.43. The summed E-state index contributed by atoms with van der Waals surface area (Å²) in [6, 6.07) is 8.59. The first-order valence-corrected chi connectivity index (χ1v) is 7.52. The summed E-state index contributed by atoms with van der Waals surface area (Å²) in [5.41, 5.74) is 0. The Morgan fingerprint density at radius 2 is 1.88 bits per heavy atom. The van der Waals surface area contributed by atoms with E-state index in [1.807, 2.05) is 12.1 Å². The molecule has 86 valence electrons. The molecular weight excluding hydrogens is 337 g/mol. The van der Waals surface area contributed by atoms with Gasteiger partial charge in [-0.2, -0.15) is 4.31 Å². The lowest BCUT2D eigenvalue weighted by molar-refractivity contribution is 0.437. The third-order valence-electron chi connectivity index (χ3n) is 2.50. The van der Waals surface area contributed by atoms with Gasteiger partial charge < -0.3 is 0 Å². The molecule has 2 rings (SSSR count). The van der Waals surface area contributed by atoms with Gasteiger partial charge >= 0.3 is 0 Å². The lowest BCUT2D eigenvalue weighted by atomic mass is 10.3. The van der Waals surface area contributed by atoms with E-state index in [0.717, 1.165) is 6.42 Å². The van der Waals surface area contributed by atoms with Gasteiger partial charge in [-0.1, -0.05) is 24.3 Å². The van der Waals surface area contributed by atoms with E-state index in [0.29, 0.717) is 18.0 Å². The van der Waals surface area contributed by atoms with Gasteiger partial charge in [0.1, 0.15) is 0 Å². The maximum Gasteiger partial charge on any atom is 0.243 e. The molecule has 0 unspecified atom stereocenters. The molecule has 0 saturated carbocycles. The molecule has 0 aliphatic carbocycles. The largest absolute Gasteiger partial charge is 0.243 e. The Morgan fingerprint density at radius 3 is 2.44 bits per heavy atom. The zero-order chi connectivity index (χ0) is 11.6. The molecule has 0 amide bonds. The van der Waals surface area contributed by atoms with E-state index >= 15 is 0 Å². The second kappa shape index (κ2) is 4.85. The second-order valence-corrected chi connectivity index (χ2v) is 6.90. The summed E-state index contributed by atoms with van der Waals surface area (Å²) in [7, 11) is -3.30. The molecular formula is C11H12INO2S. The Kier molecular flexibility index (Phi) is 3.66.